The molecule has 0 amide bonds. The van der Waals surface area contributed by atoms with Crippen molar-refractivity contribution in [1.82, 2.24) is 0 Å². The van der Waals surface area contributed by atoms with E-state index in [2.05, 4.69) is 52.2 Å². The number of nitrogens with zero attached hydrogens (tertiary/aromatic N) is 1. The lowest BCUT2D eigenvalue weighted by Crippen LogP contribution is -2.48. The Kier molecular flexibility index (Phi) is 54.3. The number of aliphatic hydroxyl groups excluding tert-OH is 2. The normalized spacial score (nSPS) is 12.8. The van der Waals surface area contributed by atoms with Crippen LogP contribution < -0.4 is 0 Å². The van der Waals surface area contributed by atoms with Crippen LogP contribution in [0.15, 0.2) is 24.3 Å². The number of ether oxygens (including phenoxy) is 6. The first-order valence-electron chi connectivity index (χ1n) is 28.4. The number of unbranched alkanes of at least 4 members (excludes halogenated alkanes) is 28. The molecule has 0 aromatic heterocycles. The number of aliphatic hydroxyl groups is 2. The van der Waals surface area contributed by atoms with E-state index >= 15 is 0 Å². The fraction of sp³-hybridized carbons (Fsp3) is 0.930. The van der Waals surface area contributed by atoms with Gasteiger partial charge in [0.05, 0.1) is 80.1 Å². The first-order valence-corrected chi connectivity index (χ1v) is 28.4. The van der Waals surface area contributed by atoms with Crippen molar-refractivity contribution >= 4 is 0 Å². The molecule has 0 aliphatic rings. The van der Waals surface area contributed by atoms with Crippen LogP contribution in [-0.4, -0.2) is 127 Å². The van der Waals surface area contributed by atoms with Crippen molar-refractivity contribution in [2.24, 2.45) is 0 Å². The molecule has 66 heavy (non-hydrogen) atoms. The summed E-state index contributed by atoms with van der Waals surface area (Å²) in [7, 11) is 4.72. The van der Waals surface area contributed by atoms with Crippen LogP contribution >= 0.6 is 0 Å². The average molecular weight is 942 g/mol. The van der Waals surface area contributed by atoms with Gasteiger partial charge in [-0.3, -0.25) is 0 Å². The number of likely N-dealkylation sites (N-methyl/N-ethyl adjacent to an activating group) is 1. The number of hydrogen-bond acceptors (Lipinski definition) is 8. The molecular formula is C57H114NO8+. The second-order valence-corrected chi connectivity index (χ2v) is 19.7. The van der Waals surface area contributed by atoms with Gasteiger partial charge in [-0.25, -0.2) is 0 Å². The number of allylic oxidation sites excluding steroid dienone is 4. The minimum atomic E-state index is -0.297. The van der Waals surface area contributed by atoms with E-state index in [-0.39, 0.29) is 25.6 Å². The fourth-order valence-corrected chi connectivity index (χ4v) is 8.47. The molecule has 0 aliphatic heterocycles. The molecule has 0 aliphatic carbocycles. The Morgan fingerprint density at radius 3 is 1.23 bits per heavy atom. The van der Waals surface area contributed by atoms with Gasteiger partial charge in [0.1, 0.15) is 12.6 Å². The standard InChI is InChI=1S/C57H114NO8/c1-5-7-9-11-13-15-17-19-21-23-25-27-29-31-36-40-46-63-55-56(64-47-41-37-32-30-28-26-24-22-20-18-16-14-12-10-8-6-2)54-58(3,4)43-39-35-33-34-38-42-57(65-52-50-61-48-44-59)66-53-51-62-49-45-60/h19-22,56-57,59-60H,5-18,23-55H2,1-4H3/q+1/b21-19-,22-20-. The quantitative estimate of drug-likeness (QED) is 0.0269. The van der Waals surface area contributed by atoms with Gasteiger partial charge in [-0.2, -0.15) is 0 Å². The molecule has 0 spiro atoms. The van der Waals surface area contributed by atoms with E-state index in [9.17, 15) is 0 Å². The smallest absolute Gasteiger partial charge is 0.157 e. The van der Waals surface area contributed by atoms with E-state index in [1.807, 2.05) is 0 Å². The Labute approximate surface area is 410 Å². The Morgan fingerprint density at radius 1 is 0.379 bits per heavy atom. The second kappa shape index (κ2) is 55.1. The zero-order valence-corrected chi connectivity index (χ0v) is 44.5. The van der Waals surface area contributed by atoms with E-state index in [1.54, 1.807) is 0 Å². The molecule has 2 N–H and O–H groups in total. The zero-order valence-electron chi connectivity index (χ0n) is 44.5. The summed E-state index contributed by atoms with van der Waals surface area (Å²) in [5, 5.41) is 17.9. The molecule has 1 atom stereocenters. The predicted molar refractivity (Wildman–Crippen MR) is 281 cm³/mol. The maximum absolute atomic E-state index is 8.94. The molecule has 0 rings (SSSR count). The van der Waals surface area contributed by atoms with E-state index in [4.69, 9.17) is 38.6 Å². The highest BCUT2D eigenvalue weighted by molar-refractivity contribution is 4.82. The van der Waals surface area contributed by atoms with Crippen LogP contribution in [0.25, 0.3) is 0 Å². The van der Waals surface area contributed by atoms with E-state index < -0.39 is 0 Å². The molecule has 0 aromatic rings. The molecule has 0 saturated carbocycles. The monoisotopic (exact) mass is 941 g/mol. The summed E-state index contributed by atoms with van der Waals surface area (Å²) in [6, 6.07) is 0. The molecule has 9 heteroatoms. The van der Waals surface area contributed by atoms with Gasteiger partial charge in [0.25, 0.3) is 0 Å². The van der Waals surface area contributed by atoms with Crippen LogP contribution in [0.5, 0.6) is 0 Å². The lowest BCUT2D eigenvalue weighted by Gasteiger charge is -2.33. The third-order valence-corrected chi connectivity index (χ3v) is 12.5. The van der Waals surface area contributed by atoms with Gasteiger partial charge in [-0.1, -0.05) is 167 Å². The van der Waals surface area contributed by atoms with Gasteiger partial charge >= 0.3 is 0 Å². The minimum Gasteiger partial charge on any atom is -0.394 e. The molecule has 0 saturated heterocycles. The molecule has 0 bridgehead atoms. The summed E-state index contributed by atoms with van der Waals surface area (Å²) < 4.78 is 36.4. The molecule has 0 heterocycles. The number of quaternary nitrogens is 1. The van der Waals surface area contributed by atoms with Crippen molar-refractivity contribution in [2.75, 3.05) is 99.9 Å². The minimum absolute atomic E-state index is 0.0115. The molecule has 0 aromatic carbocycles. The van der Waals surface area contributed by atoms with Gasteiger partial charge < -0.3 is 43.1 Å². The van der Waals surface area contributed by atoms with E-state index in [0.717, 1.165) is 62.9 Å². The molecule has 0 fully saturated rings. The zero-order chi connectivity index (χ0) is 48.0. The Bertz CT molecular complexity index is 951. The van der Waals surface area contributed by atoms with Gasteiger partial charge in [0.15, 0.2) is 6.29 Å². The van der Waals surface area contributed by atoms with E-state index in [0.29, 0.717) is 46.2 Å². The summed E-state index contributed by atoms with van der Waals surface area (Å²) in [6.07, 6.45) is 53.2. The van der Waals surface area contributed by atoms with Gasteiger partial charge in [0, 0.05) is 13.2 Å². The van der Waals surface area contributed by atoms with Crippen LogP contribution in [-0.2, 0) is 28.4 Å². The Morgan fingerprint density at radius 2 is 0.773 bits per heavy atom. The van der Waals surface area contributed by atoms with Gasteiger partial charge in [0.2, 0.25) is 0 Å². The Hall–Kier alpha value is -0.880. The molecule has 9 nitrogen and oxygen atoms in total. The maximum Gasteiger partial charge on any atom is 0.157 e. The summed E-state index contributed by atoms with van der Waals surface area (Å²) in [5.41, 5.74) is 0. The lowest BCUT2D eigenvalue weighted by molar-refractivity contribution is -0.893. The highest BCUT2D eigenvalue weighted by atomic mass is 16.7. The molecule has 1 unspecified atom stereocenters. The topological polar surface area (TPSA) is 95.8 Å². The van der Waals surface area contributed by atoms with E-state index in [1.165, 1.54) is 186 Å². The fourth-order valence-electron chi connectivity index (χ4n) is 8.47. The number of rotatable bonds is 57. The van der Waals surface area contributed by atoms with Crippen molar-refractivity contribution in [3.8, 4) is 0 Å². The predicted octanol–water partition coefficient (Wildman–Crippen LogP) is 14.3. The summed E-state index contributed by atoms with van der Waals surface area (Å²) >= 11 is 0. The van der Waals surface area contributed by atoms with Crippen LogP contribution in [0, 0.1) is 0 Å². The highest BCUT2D eigenvalue weighted by Crippen LogP contribution is 2.16. The van der Waals surface area contributed by atoms with Crippen molar-refractivity contribution in [1.29, 1.82) is 0 Å². The summed E-state index contributed by atoms with van der Waals surface area (Å²) in [4.78, 5) is 0. The first-order chi connectivity index (χ1) is 32.5. The van der Waals surface area contributed by atoms with Crippen LogP contribution in [0.4, 0.5) is 0 Å². The molecule has 394 valence electrons. The molecular weight excluding hydrogens is 827 g/mol. The summed E-state index contributed by atoms with van der Waals surface area (Å²) in [5.74, 6) is 0. The summed E-state index contributed by atoms with van der Waals surface area (Å²) in [6.45, 7) is 11.5. The SMILES string of the molecule is CCCCCCCC/C=C\CCCCCCCCOCC(C[N+](C)(C)CCCCCCCC(OCCOCCO)OCCOCCO)OCCCCCCCC/C=C\CCCCCCCC. The largest absolute Gasteiger partial charge is 0.394 e. The van der Waals surface area contributed by atoms with Crippen molar-refractivity contribution < 1.29 is 43.1 Å². The third-order valence-electron chi connectivity index (χ3n) is 12.5. The number of hydrogen-bond donors (Lipinski definition) is 2. The van der Waals surface area contributed by atoms with Gasteiger partial charge in [-0.15, -0.1) is 0 Å². The van der Waals surface area contributed by atoms with Gasteiger partial charge in [-0.05, 0) is 89.9 Å². The lowest BCUT2D eigenvalue weighted by atomic mass is 10.1. The first kappa shape index (κ1) is 65.1. The maximum atomic E-state index is 8.94. The average Bonchev–Trinajstić information content (AvgIpc) is 3.31. The van der Waals surface area contributed by atoms with Crippen molar-refractivity contribution in [2.45, 2.75) is 245 Å². The molecule has 0 radical (unpaired) electrons. The third kappa shape index (κ3) is 52.5. The second-order valence-electron chi connectivity index (χ2n) is 19.7. The highest BCUT2D eigenvalue weighted by Gasteiger charge is 2.23. The van der Waals surface area contributed by atoms with Crippen LogP contribution in [0.1, 0.15) is 232 Å². The Balaban J connectivity index is 4.52. The van der Waals surface area contributed by atoms with Crippen molar-refractivity contribution in [3.05, 3.63) is 24.3 Å². The van der Waals surface area contributed by atoms with Crippen LogP contribution in [0.3, 0.4) is 0 Å². The van der Waals surface area contributed by atoms with Crippen LogP contribution in [0.2, 0.25) is 0 Å². The van der Waals surface area contributed by atoms with Crippen molar-refractivity contribution in [3.63, 3.8) is 0 Å².